The van der Waals surface area contributed by atoms with E-state index in [0.717, 1.165) is 88.3 Å². The fourth-order valence-electron chi connectivity index (χ4n) is 4.84. The van der Waals surface area contributed by atoms with Crippen molar-refractivity contribution in [1.82, 2.24) is 19.7 Å². The lowest BCUT2D eigenvalue weighted by Gasteiger charge is -2.35. The molecular weight excluding hydrogens is 462 g/mol. The number of benzene rings is 1. The van der Waals surface area contributed by atoms with E-state index in [4.69, 9.17) is 16.7 Å². The molecule has 192 valence electrons. The van der Waals surface area contributed by atoms with Gasteiger partial charge in [-0.25, -0.2) is 0 Å². The Morgan fingerprint density at radius 2 is 1.83 bits per heavy atom. The number of carbonyl (C=O) groups excluding carboxylic acids is 1. The Kier molecular flexibility index (Phi) is 10.0. The largest absolute Gasteiger partial charge is 0.396 e. The molecule has 2 N–H and O–H groups in total. The molecule has 7 nitrogen and oxygen atoms in total. The van der Waals surface area contributed by atoms with Crippen LogP contribution in [0.4, 0.5) is 5.69 Å². The van der Waals surface area contributed by atoms with Gasteiger partial charge in [-0.3, -0.25) is 9.78 Å². The molecule has 1 aliphatic carbocycles. The summed E-state index contributed by atoms with van der Waals surface area (Å²) in [6, 6.07) is 7.88. The monoisotopic (exact) mass is 501 g/mol. The highest BCUT2D eigenvalue weighted by molar-refractivity contribution is 6.31. The van der Waals surface area contributed by atoms with Gasteiger partial charge in [0.2, 0.25) is 5.91 Å². The molecule has 1 amide bonds. The van der Waals surface area contributed by atoms with Crippen LogP contribution in [-0.2, 0) is 4.79 Å². The van der Waals surface area contributed by atoms with Crippen LogP contribution in [0.25, 0.3) is 10.9 Å². The van der Waals surface area contributed by atoms with E-state index in [-0.39, 0.29) is 12.5 Å². The molecule has 1 aromatic carbocycles. The van der Waals surface area contributed by atoms with E-state index in [0.29, 0.717) is 23.8 Å². The number of nitrogens with zero attached hydrogens (tertiary/aromatic N) is 4. The summed E-state index contributed by atoms with van der Waals surface area (Å²) in [6.07, 6.45) is 7.53. The zero-order valence-electron chi connectivity index (χ0n) is 20.8. The van der Waals surface area contributed by atoms with Gasteiger partial charge in [0.25, 0.3) is 0 Å². The molecular formula is C27H40ClN5O2. The van der Waals surface area contributed by atoms with Crippen molar-refractivity contribution in [3.63, 3.8) is 0 Å². The Balaban J connectivity index is 1.10. The van der Waals surface area contributed by atoms with Gasteiger partial charge in [0.15, 0.2) is 0 Å². The quantitative estimate of drug-likeness (QED) is 0.384. The van der Waals surface area contributed by atoms with Crippen molar-refractivity contribution in [2.24, 2.45) is 5.92 Å². The second kappa shape index (κ2) is 13.4. The van der Waals surface area contributed by atoms with Crippen LogP contribution in [0.15, 0.2) is 30.5 Å². The average molecular weight is 502 g/mol. The summed E-state index contributed by atoms with van der Waals surface area (Å²) in [7, 11) is 0. The van der Waals surface area contributed by atoms with Gasteiger partial charge in [0, 0.05) is 81.1 Å². The summed E-state index contributed by atoms with van der Waals surface area (Å²) in [5.41, 5.74) is 2.03. The number of hydrogen-bond donors (Lipinski definition) is 2. The Bertz CT molecular complexity index is 946. The Labute approximate surface area is 214 Å². The van der Waals surface area contributed by atoms with Crippen LogP contribution in [0.5, 0.6) is 0 Å². The molecule has 2 heterocycles. The molecule has 2 fully saturated rings. The highest BCUT2D eigenvalue weighted by atomic mass is 35.5. The van der Waals surface area contributed by atoms with Crippen molar-refractivity contribution in [2.45, 2.75) is 38.5 Å². The minimum absolute atomic E-state index is 0.0965. The number of fused-ring (bicyclic) bond motifs is 1. The smallest absolute Gasteiger partial charge is 0.222 e. The SMILES string of the molecule is O=C(CCCO)N(CCCN1CCN(CCCNc2ccnc3cc(Cl)ccc23)CC1)CC1CC1. The number of aliphatic hydroxyl groups is 1. The van der Waals surface area contributed by atoms with E-state index in [9.17, 15) is 4.79 Å². The molecule has 1 saturated heterocycles. The van der Waals surface area contributed by atoms with Crippen LogP contribution >= 0.6 is 11.6 Å². The molecule has 2 aliphatic rings. The van der Waals surface area contributed by atoms with Crippen LogP contribution < -0.4 is 5.32 Å². The predicted octanol–water partition coefficient (Wildman–Crippen LogP) is 3.71. The summed E-state index contributed by atoms with van der Waals surface area (Å²) in [5.74, 6) is 0.926. The number of amides is 1. The van der Waals surface area contributed by atoms with Crippen molar-refractivity contribution < 1.29 is 9.90 Å². The maximum atomic E-state index is 12.5. The lowest BCUT2D eigenvalue weighted by Crippen LogP contribution is -2.47. The molecule has 0 spiro atoms. The molecule has 2 aromatic rings. The Morgan fingerprint density at radius 1 is 1.09 bits per heavy atom. The van der Waals surface area contributed by atoms with Crippen LogP contribution in [0.2, 0.25) is 5.02 Å². The van der Waals surface area contributed by atoms with Gasteiger partial charge >= 0.3 is 0 Å². The first kappa shape index (κ1) is 26.1. The second-order valence-electron chi connectivity index (χ2n) is 9.95. The number of hydrogen-bond acceptors (Lipinski definition) is 6. The second-order valence-corrected chi connectivity index (χ2v) is 10.4. The minimum Gasteiger partial charge on any atom is -0.396 e. The highest BCUT2D eigenvalue weighted by Gasteiger charge is 2.26. The van der Waals surface area contributed by atoms with Crippen LogP contribution in [-0.4, -0.2) is 96.2 Å². The molecule has 0 unspecified atom stereocenters. The zero-order valence-corrected chi connectivity index (χ0v) is 21.6. The first-order valence-electron chi connectivity index (χ1n) is 13.2. The van der Waals surface area contributed by atoms with E-state index < -0.39 is 0 Å². The third kappa shape index (κ3) is 8.31. The maximum Gasteiger partial charge on any atom is 0.222 e. The number of carbonyl (C=O) groups is 1. The third-order valence-electron chi connectivity index (χ3n) is 7.12. The van der Waals surface area contributed by atoms with Gasteiger partial charge in [-0.15, -0.1) is 0 Å². The van der Waals surface area contributed by atoms with Crippen molar-refractivity contribution in [2.75, 3.05) is 70.8 Å². The summed E-state index contributed by atoms with van der Waals surface area (Å²) in [4.78, 5) is 24.0. The van der Waals surface area contributed by atoms with Gasteiger partial charge in [-0.1, -0.05) is 11.6 Å². The topological polar surface area (TPSA) is 71.9 Å². The van der Waals surface area contributed by atoms with Gasteiger partial charge < -0.3 is 25.1 Å². The summed E-state index contributed by atoms with van der Waals surface area (Å²) < 4.78 is 0. The minimum atomic E-state index is 0.0965. The van der Waals surface area contributed by atoms with Crippen LogP contribution in [0, 0.1) is 5.92 Å². The molecule has 1 saturated carbocycles. The number of piperazine rings is 1. The predicted molar refractivity (Wildman–Crippen MR) is 143 cm³/mol. The van der Waals surface area contributed by atoms with E-state index in [2.05, 4.69) is 25.0 Å². The van der Waals surface area contributed by atoms with Crippen molar-refractivity contribution in [3.05, 3.63) is 35.5 Å². The molecule has 4 rings (SSSR count). The molecule has 0 atom stereocenters. The molecule has 1 aromatic heterocycles. The number of pyridine rings is 1. The molecule has 8 heteroatoms. The highest BCUT2D eigenvalue weighted by Crippen LogP contribution is 2.30. The summed E-state index contributed by atoms with van der Waals surface area (Å²) in [6.45, 7) is 9.37. The van der Waals surface area contributed by atoms with Crippen molar-refractivity contribution in [1.29, 1.82) is 0 Å². The van der Waals surface area contributed by atoms with Gasteiger partial charge in [-0.2, -0.15) is 0 Å². The molecule has 0 radical (unpaired) electrons. The number of nitrogens with one attached hydrogen (secondary N) is 1. The molecule has 35 heavy (non-hydrogen) atoms. The fraction of sp³-hybridized carbons (Fsp3) is 0.630. The Hall–Kier alpha value is -1.93. The number of halogens is 1. The van der Waals surface area contributed by atoms with Crippen LogP contribution in [0.1, 0.15) is 38.5 Å². The number of rotatable bonds is 14. The normalized spacial score (nSPS) is 17.1. The third-order valence-corrected chi connectivity index (χ3v) is 7.35. The van der Waals surface area contributed by atoms with E-state index in [1.807, 2.05) is 30.5 Å². The number of aliphatic hydroxyl groups excluding tert-OH is 1. The zero-order chi connectivity index (χ0) is 24.5. The van der Waals surface area contributed by atoms with E-state index >= 15 is 0 Å². The number of anilines is 1. The lowest BCUT2D eigenvalue weighted by atomic mass is 10.2. The number of aromatic nitrogens is 1. The Morgan fingerprint density at radius 3 is 2.54 bits per heavy atom. The lowest BCUT2D eigenvalue weighted by molar-refractivity contribution is -0.131. The molecule has 0 bridgehead atoms. The van der Waals surface area contributed by atoms with Crippen molar-refractivity contribution >= 4 is 34.1 Å². The fourth-order valence-corrected chi connectivity index (χ4v) is 5.01. The van der Waals surface area contributed by atoms with Crippen LogP contribution in [0.3, 0.4) is 0 Å². The van der Waals surface area contributed by atoms with E-state index in [1.165, 1.54) is 12.8 Å². The first-order valence-corrected chi connectivity index (χ1v) is 13.6. The van der Waals surface area contributed by atoms with Gasteiger partial charge in [-0.05, 0) is 75.4 Å². The summed E-state index contributed by atoms with van der Waals surface area (Å²) >= 11 is 6.09. The standard InChI is InChI=1S/C27H40ClN5O2/c28-23-7-8-24-25(9-11-30-26(24)20-23)29-10-2-12-31-15-17-32(18-16-31)13-3-14-33(21-22-5-6-22)27(35)4-1-19-34/h7-9,11,20,22,34H,1-6,10,12-19,21H2,(H,29,30). The maximum absolute atomic E-state index is 12.5. The summed E-state index contributed by atoms with van der Waals surface area (Å²) in [5, 5.41) is 14.4. The molecule has 1 aliphatic heterocycles. The van der Waals surface area contributed by atoms with Gasteiger partial charge in [0.05, 0.1) is 5.52 Å². The van der Waals surface area contributed by atoms with E-state index in [1.54, 1.807) is 0 Å². The average Bonchev–Trinajstić information content (AvgIpc) is 3.69. The van der Waals surface area contributed by atoms with Crippen molar-refractivity contribution in [3.8, 4) is 0 Å². The van der Waals surface area contributed by atoms with Gasteiger partial charge in [0.1, 0.15) is 0 Å². The first-order chi connectivity index (χ1) is 17.1.